The molecule has 4 heteroatoms. The second kappa shape index (κ2) is 7.47. The molecule has 0 fully saturated rings. The summed E-state index contributed by atoms with van der Waals surface area (Å²) in [7, 11) is 0. The van der Waals surface area contributed by atoms with Gasteiger partial charge in [0.15, 0.2) is 5.78 Å². The number of carbonyl (C=O) groups excluding carboxylic acids is 1. The van der Waals surface area contributed by atoms with Crippen LogP contribution in [0.5, 0.6) is 0 Å². The Labute approximate surface area is 140 Å². The first-order valence-corrected chi connectivity index (χ1v) is 8.64. The van der Waals surface area contributed by atoms with Crippen LogP contribution in [0.15, 0.2) is 66.0 Å². The fraction of sp³-hybridized carbons (Fsp3) is 0.263. The lowest BCUT2D eigenvalue weighted by Gasteiger charge is -2.19. The standard InChI is InChI=1S/C19H19NO2S/c1-14-17(11-18(21)16-5-3-2-4-6-16)19(13-23-14)22-12-15-7-9-20-10-8-15/h2-10,13-14,17H,11-12H2,1H3. The molecular formula is C19H19NO2S. The number of aromatic nitrogens is 1. The minimum atomic E-state index is 0.134. The van der Waals surface area contributed by atoms with Gasteiger partial charge in [0.2, 0.25) is 0 Å². The summed E-state index contributed by atoms with van der Waals surface area (Å²) < 4.78 is 5.97. The molecule has 118 valence electrons. The average molecular weight is 325 g/mol. The molecule has 0 saturated carbocycles. The van der Waals surface area contributed by atoms with Gasteiger partial charge < -0.3 is 4.74 Å². The molecule has 1 aliphatic heterocycles. The SMILES string of the molecule is CC1SC=C(OCc2ccncc2)C1CC(=O)c1ccccc1. The van der Waals surface area contributed by atoms with Crippen LogP contribution in [-0.2, 0) is 11.3 Å². The molecule has 0 radical (unpaired) electrons. The van der Waals surface area contributed by atoms with Gasteiger partial charge in [-0.2, -0.15) is 0 Å². The number of benzene rings is 1. The highest BCUT2D eigenvalue weighted by Crippen LogP contribution is 2.39. The fourth-order valence-corrected chi connectivity index (χ4v) is 3.59. The second-order valence-corrected chi connectivity index (χ2v) is 6.86. The lowest BCUT2D eigenvalue weighted by atomic mass is 9.94. The summed E-state index contributed by atoms with van der Waals surface area (Å²) in [6.45, 7) is 2.66. The molecule has 0 aliphatic carbocycles. The van der Waals surface area contributed by atoms with Crippen molar-refractivity contribution in [1.29, 1.82) is 0 Å². The zero-order valence-corrected chi connectivity index (χ0v) is 13.8. The van der Waals surface area contributed by atoms with Crippen molar-refractivity contribution < 1.29 is 9.53 Å². The molecule has 23 heavy (non-hydrogen) atoms. The van der Waals surface area contributed by atoms with E-state index in [1.54, 1.807) is 24.2 Å². The van der Waals surface area contributed by atoms with Crippen molar-refractivity contribution in [2.75, 3.05) is 0 Å². The quantitative estimate of drug-likeness (QED) is 0.735. The zero-order chi connectivity index (χ0) is 16.1. The predicted molar refractivity (Wildman–Crippen MR) is 93.0 cm³/mol. The zero-order valence-electron chi connectivity index (χ0n) is 13.0. The third kappa shape index (κ3) is 4.02. The maximum absolute atomic E-state index is 12.5. The van der Waals surface area contributed by atoms with Gasteiger partial charge in [-0.25, -0.2) is 0 Å². The van der Waals surface area contributed by atoms with Crippen LogP contribution in [0, 0.1) is 5.92 Å². The van der Waals surface area contributed by atoms with Gasteiger partial charge in [0.25, 0.3) is 0 Å². The van der Waals surface area contributed by atoms with Gasteiger partial charge in [-0.15, -0.1) is 11.8 Å². The van der Waals surface area contributed by atoms with Crippen molar-refractivity contribution in [3.8, 4) is 0 Å². The van der Waals surface area contributed by atoms with E-state index in [4.69, 9.17) is 4.74 Å². The number of carbonyl (C=O) groups is 1. The lowest BCUT2D eigenvalue weighted by Crippen LogP contribution is -2.18. The molecule has 0 amide bonds. The third-order valence-corrected chi connectivity index (χ3v) is 5.11. The molecule has 0 saturated heterocycles. The van der Waals surface area contributed by atoms with Crippen molar-refractivity contribution in [2.45, 2.75) is 25.2 Å². The third-order valence-electron chi connectivity index (χ3n) is 3.99. The van der Waals surface area contributed by atoms with Gasteiger partial charge in [0.05, 0.1) is 0 Å². The largest absolute Gasteiger partial charge is 0.492 e. The summed E-state index contributed by atoms with van der Waals surface area (Å²) in [6.07, 6.45) is 4.01. The normalized spacial score (nSPS) is 20.1. The summed E-state index contributed by atoms with van der Waals surface area (Å²) in [5.74, 6) is 1.22. The molecular weight excluding hydrogens is 306 g/mol. The summed E-state index contributed by atoms with van der Waals surface area (Å²) >= 11 is 1.73. The van der Waals surface area contributed by atoms with Crippen LogP contribution in [0.1, 0.15) is 29.3 Å². The van der Waals surface area contributed by atoms with Gasteiger partial charge in [0.1, 0.15) is 12.4 Å². The number of allylic oxidation sites excluding steroid dienone is 1. The monoisotopic (exact) mass is 325 g/mol. The van der Waals surface area contributed by atoms with E-state index < -0.39 is 0 Å². The lowest BCUT2D eigenvalue weighted by molar-refractivity contribution is 0.0938. The van der Waals surface area contributed by atoms with Gasteiger partial charge in [-0.05, 0) is 17.7 Å². The van der Waals surface area contributed by atoms with Crippen LogP contribution in [0.2, 0.25) is 0 Å². The minimum absolute atomic E-state index is 0.134. The summed E-state index contributed by atoms with van der Waals surface area (Å²) in [6, 6.07) is 13.3. The molecule has 1 aromatic heterocycles. The highest BCUT2D eigenvalue weighted by Gasteiger charge is 2.31. The first kappa shape index (κ1) is 15.8. The van der Waals surface area contributed by atoms with Gasteiger partial charge in [0, 0.05) is 41.0 Å². The van der Waals surface area contributed by atoms with Crippen molar-refractivity contribution in [3.63, 3.8) is 0 Å². The minimum Gasteiger partial charge on any atom is -0.492 e. The molecule has 0 N–H and O–H groups in total. The summed E-state index contributed by atoms with van der Waals surface area (Å²) in [5.41, 5.74) is 1.85. The molecule has 1 aromatic carbocycles. The second-order valence-electron chi connectivity index (χ2n) is 5.61. The number of nitrogens with zero attached hydrogens (tertiary/aromatic N) is 1. The van der Waals surface area contributed by atoms with E-state index in [0.717, 1.165) is 16.9 Å². The maximum Gasteiger partial charge on any atom is 0.163 e. The van der Waals surface area contributed by atoms with Crippen LogP contribution >= 0.6 is 11.8 Å². The number of hydrogen-bond donors (Lipinski definition) is 0. The van der Waals surface area contributed by atoms with Crippen molar-refractivity contribution in [1.82, 2.24) is 4.98 Å². The first-order chi connectivity index (χ1) is 11.2. The molecule has 1 aliphatic rings. The van der Waals surface area contributed by atoms with Crippen molar-refractivity contribution >= 4 is 17.5 Å². The number of thioether (sulfide) groups is 1. The number of ketones is 1. The van der Waals surface area contributed by atoms with Gasteiger partial charge >= 0.3 is 0 Å². The van der Waals surface area contributed by atoms with E-state index in [-0.39, 0.29) is 11.7 Å². The highest BCUT2D eigenvalue weighted by molar-refractivity contribution is 8.03. The van der Waals surface area contributed by atoms with Gasteiger partial charge in [-0.1, -0.05) is 37.3 Å². The van der Waals surface area contributed by atoms with E-state index in [1.807, 2.05) is 42.5 Å². The van der Waals surface area contributed by atoms with Crippen molar-refractivity contribution in [3.05, 3.63) is 77.2 Å². The summed E-state index contributed by atoms with van der Waals surface area (Å²) in [4.78, 5) is 16.5. The molecule has 2 heterocycles. The smallest absolute Gasteiger partial charge is 0.163 e. The van der Waals surface area contributed by atoms with E-state index in [2.05, 4.69) is 17.3 Å². The van der Waals surface area contributed by atoms with Crippen LogP contribution in [0.4, 0.5) is 0 Å². The molecule has 2 unspecified atom stereocenters. The van der Waals surface area contributed by atoms with Gasteiger partial charge in [-0.3, -0.25) is 9.78 Å². The molecule has 0 bridgehead atoms. The molecule has 2 aromatic rings. The number of hydrogen-bond acceptors (Lipinski definition) is 4. The van der Waals surface area contributed by atoms with Crippen LogP contribution in [0.25, 0.3) is 0 Å². The Morgan fingerprint density at radius 3 is 2.65 bits per heavy atom. The topological polar surface area (TPSA) is 39.2 Å². The Hall–Kier alpha value is -2.07. The maximum atomic E-state index is 12.5. The molecule has 3 rings (SSSR count). The number of rotatable bonds is 6. The Kier molecular flexibility index (Phi) is 5.13. The van der Waals surface area contributed by atoms with E-state index in [1.165, 1.54) is 0 Å². The first-order valence-electron chi connectivity index (χ1n) is 7.69. The molecule has 0 spiro atoms. The van der Waals surface area contributed by atoms with Crippen molar-refractivity contribution in [2.24, 2.45) is 5.92 Å². The molecule has 2 atom stereocenters. The van der Waals surface area contributed by atoms with Crippen LogP contribution in [-0.4, -0.2) is 16.0 Å². The fourth-order valence-electron chi connectivity index (χ4n) is 2.58. The van der Waals surface area contributed by atoms with Crippen LogP contribution < -0.4 is 0 Å². The average Bonchev–Trinajstić information content (AvgIpc) is 2.95. The Morgan fingerprint density at radius 1 is 1.17 bits per heavy atom. The van der Waals surface area contributed by atoms with E-state index in [0.29, 0.717) is 18.3 Å². The number of ether oxygens (including phenoxy) is 1. The number of Topliss-reactive ketones (excluding diaryl/α,β-unsaturated/α-hetero) is 1. The Balaban J connectivity index is 1.63. The van der Waals surface area contributed by atoms with Crippen LogP contribution in [0.3, 0.4) is 0 Å². The Morgan fingerprint density at radius 2 is 1.91 bits per heavy atom. The molecule has 3 nitrogen and oxygen atoms in total. The highest BCUT2D eigenvalue weighted by atomic mass is 32.2. The van der Waals surface area contributed by atoms with E-state index in [9.17, 15) is 4.79 Å². The Bertz CT molecular complexity index is 685. The predicted octanol–water partition coefficient (Wildman–Crippen LogP) is 4.46. The summed E-state index contributed by atoms with van der Waals surface area (Å²) in [5, 5.41) is 2.41. The van der Waals surface area contributed by atoms with E-state index >= 15 is 0 Å². The number of pyridine rings is 1.